The molecule has 1 aromatic heterocycles. The molecule has 0 unspecified atom stereocenters. The maximum Gasteiger partial charge on any atom is 0.0931 e. The van der Waals surface area contributed by atoms with Crippen molar-refractivity contribution in [3.63, 3.8) is 0 Å². The minimum absolute atomic E-state index is 0.872. The summed E-state index contributed by atoms with van der Waals surface area (Å²) in [6.45, 7) is 2.05. The van der Waals surface area contributed by atoms with E-state index in [2.05, 4.69) is 33.9 Å². The number of rotatable bonds is 4. The maximum absolute atomic E-state index is 5.81. The third-order valence-electron chi connectivity index (χ3n) is 1.52. The number of hydrogen-bond acceptors (Lipinski definition) is 2. The van der Waals surface area contributed by atoms with Crippen molar-refractivity contribution in [3.05, 3.63) is 21.3 Å². The van der Waals surface area contributed by atoms with Crippen molar-refractivity contribution in [2.24, 2.45) is 0 Å². The molecule has 0 amide bonds. The van der Waals surface area contributed by atoms with Gasteiger partial charge in [-0.3, -0.25) is 0 Å². The summed E-state index contributed by atoms with van der Waals surface area (Å²) in [6, 6.07) is 4.03. The van der Waals surface area contributed by atoms with Gasteiger partial charge in [0.1, 0.15) is 0 Å². The molecule has 0 aliphatic rings. The van der Waals surface area contributed by atoms with Crippen LogP contribution < -0.4 is 0 Å². The zero-order valence-electron chi connectivity index (χ0n) is 6.89. The Morgan fingerprint density at radius 3 is 2.83 bits per heavy atom. The van der Waals surface area contributed by atoms with Crippen LogP contribution in [0.1, 0.15) is 4.88 Å². The van der Waals surface area contributed by atoms with Crippen molar-refractivity contribution in [1.82, 2.24) is 4.90 Å². The van der Waals surface area contributed by atoms with Gasteiger partial charge in [0, 0.05) is 23.3 Å². The van der Waals surface area contributed by atoms with Crippen LogP contribution in [0.5, 0.6) is 0 Å². The average molecular weight is 269 g/mol. The molecule has 12 heavy (non-hydrogen) atoms. The second-order valence-corrected chi connectivity index (χ2v) is 5.23. The first kappa shape index (κ1) is 10.5. The van der Waals surface area contributed by atoms with Crippen LogP contribution in [0.15, 0.2) is 12.1 Å². The van der Waals surface area contributed by atoms with E-state index in [0.29, 0.717) is 0 Å². The fraction of sp³-hybridized carbons (Fsp3) is 0.500. The van der Waals surface area contributed by atoms with Crippen molar-refractivity contribution < 1.29 is 0 Å². The molecule has 0 aromatic carbocycles. The molecule has 1 rings (SSSR count). The summed E-state index contributed by atoms with van der Waals surface area (Å²) in [5, 5.41) is 1.02. The number of nitrogens with zero attached hydrogens (tertiary/aromatic N) is 1. The largest absolute Gasteiger partial charge is 0.300 e. The first-order valence-corrected chi connectivity index (χ1v) is 6.02. The molecule has 0 bridgehead atoms. The minimum atomic E-state index is 0.872. The lowest BCUT2D eigenvalue weighted by atomic mass is 10.4. The maximum atomic E-state index is 5.81. The van der Waals surface area contributed by atoms with Crippen LogP contribution in [0, 0.1) is 0 Å². The SMILES string of the molecule is CN(CCBr)Cc1ccc(Cl)s1. The van der Waals surface area contributed by atoms with Crippen LogP contribution in [0.4, 0.5) is 0 Å². The third kappa shape index (κ3) is 3.44. The molecule has 0 fully saturated rings. The first-order chi connectivity index (χ1) is 5.72. The number of hydrogen-bond donors (Lipinski definition) is 0. The van der Waals surface area contributed by atoms with Crippen LogP contribution >= 0.6 is 38.9 Å². The lowest BCUT2D eigenvalue weighted by Gasteiger charge is -2.12. The van der Waals surface area contributed by atoms with Gasteiger partial charge < -0.3 is 4.90 Å². The van der Waals surface area contributed by atoms with E-state index in [4.69, 9.17) is 11.6 Å². The predicted molar refractivity (Wildman–Crippen MR) is 59.5 cm³/mol. The smallest absolute Gasteiger partial charge is 0.0931 e. The lowest BCUT2D eigenvalue weighted by molar-refractivity contribution is 0.353. The molecule has 0 N–H and O–H groups in total. The van der Waals surface area contributed by atoms with E-state index in [1.54, 1.807) is 11.3 Å². The molecule has 1 nitrogen and oxygen atoms in total. The van der Waals surface area contributed by atoms with Gasteiger partial charge in [0.15, 0.2) is 0 Å². The monoisotopic (exact) mass is 267 g/mol. The molecule has 1 aromatic rings. The van der Waals surface area contributed by atoms with E-state index in [-0.39, 0.29) is 0 Å². The Balaban J connectivity index is 2.41. The highest BCUT2D eigenvalue weighted by atomic mass is 79.9. The van der Waals surface area contributed by atoms with E-state index in [0.717, 1.165) is 22.8 Å². The van der Waals surface area contributed by atoms with Gasteiger partial charge in [-0.1, -0.05) is 27.5 Å². The molecule has 0 saturated carbocycles. The summed E-state index contributed by atoms with van der Waals surface area (Å²) in [5.74, 6) is 0. The number of alkyl halides is 1. The van der Waals surface area contributed by atoms with Crippen LogP contribution in [-0.2, 0) is 6.54 Å². The van der Waals surface area contributed by atoms with E-state index >= 15 is 0 Å². The summed E-state index contributed by atoms with van der Waals surface area (Å²) in [7, 11) is 2.11. The molecule has 1 heterocycles. The van der Waals surface area contributed by atoms with Crippen LogP contribution in [0.25, 0.3) is 0 Å². The quantitative estimate of drug-likeness (QED) is 0.758. The number of halogens is 2. The first-order valence-electron chi connectivity index (χ1n) is 3.71. The Bertz CT molecular complexity index is 239. The lowest BCUT2D eigenvalue weighted by Crippen LogP contribution is -2.19. The van der Waals surface area contributed by atoms with Gasteiger partial charge in [-0.15, -0.1) is 11.3 Å². The summed E-state index contributed by atoms with van der Waals surface area (Å²) < 4.78 is 0.872. The van der Waals surface area contributed by atoms with E-state index in [1.165, 1.54) is 4.88 Å². The van der Waals surface area contributed by atoms with Crippen molar-refractivity contribution in [2.75, 3.05) is 18.9 Å². The standard InChI is InChI=1S/C8H11BrClNS/c1-11(5-4-9)6-7-2-3-8(10)12-7/h2-3H,4-6H2,1H3. The summed E-state index contributed by atoms with van der Waals surface area (Å²) >= 11 is 10.9. The Hall–Kier alpha value is 0.430. The highest BCUT2D eigenvalue weighted by Gasteiger charge is 2.01. The van der Waals surface area contributed by atoms with Gasteiger partial charge in [-0.2, -0.15) is 0 Å². The normalized spacial score (nSPS) is 11.0. The topological polar surface area (TPSA) is 3.24 Å². The third-order valence-corrected chi connectivity index (χ3v) is 3.09. The van der Waals surface area contributed by atoms with Crippen molar-refractivity contribution in [1.29, 1.82) is 0 Å². The van der Waals surface area contributed by atoms with Gasteiger partial charge >= 0.3 is 0 Å². The highest BCUT2D eigenvalue weighted by Crippen LogP contribution is 2.22. The molecule has 0 spiro atoms. The Morgan fingerprint density at radius 2 is 2.33 bits per heavy atom. The minimum Gasteiger partial charge on any atom is -0.300 e. The molecular formula is C8H11BrClNS. The second-order valence-electron chi connectivity index (χ2n) is 2.63. The van der Waals surface area contributed by atoms with E-state index < -0.39 is 0 Å². The molecule has 0 aliphatic heterocycles. The van der Waals surface area contributed by atoms with E-state index in [1.807, 2.05) is 6.07 Å². The van der Waals surface area contributed by atoms with Gasteiger partial charge in [0.2, 0.25) is 0 Å². The second kappa shape index (κ2) is 5.22. The van der Waals surface area contributed by atoms with E-state index in [9.17, 15) is 0 Å². The molecule has 0 radical (unpaired) electrons. The van der Waals surface area contributed by atoms with Gasteiger partial charge in [0.25, 0.3) is 0 Å². The van der Waals surface area contributed by atoms with Gasteiger partial charge in [-0.25, -0.2) is 0 Å². The summed E-state index contributed by atoms with van der Waals surface area (Å²) in [6.07, 6.45) is 0. The molecule has 0 saturated heterocycles. The average Bonchev–Trinajstić information content (AvgIpc) is 2.36. The Morgan fingerprint density at radius 1 is 1.58 bits per heavy atom. The summed E-state index contributed by atoms with van der Waals surface area (Å²) in [4.78, 5) is 3.58. The summed E-state index contributed by atoms with van der Waals surface area (Å²) in [5.41, 5.74) is 0. The fourth-order valence-corrected chi connectivity index (χ4v) is 2.70. The zero-order chi connectivity index (χ0) is 8.97. The van der Waals surface area contributed by atoms with Crippen LogP contribution in [0.2, 0.25) is 4.34 Å². The molecule has 68 valence electrons. The van der Waals surface area contributed by atoms with Gasteiger partial charge in [0.05, 0.1) is 4.34 Å². The molecular weight excluding hydrogens is 258 g/mol. The molecule has 4 heteroatoms. The van der Waals surface area contributed by atoms with Gasteiger partial charge in [-0.05, 0) is 19.2 Å². The Kier molecular flexibility index (Phi) is 4.57. The molecule has 0 atom stereocenters. The van der Waals surface area contributed by atoms with Crippen molar-refractivity contribution in [2.45, 2.75) is 6.54 Å². The van der Waals surface area contributed by atoms with Crippen molar-refractivity contribution >= 4 is 38.9 Å². The zero-order valence-corrected chi connectivity index (χ0v) is 10.0. The van der Waals surface area contributed by atoms with Crippen LogP contribution in [-0.4, -0.2) is 23.8 Å². The number of thiophene rings is 1. The predicted octanol–water partition coefficient (Wildman–Crippen LogP) is 3.23. The van der Waals surface area contributed by atoms with Crippen molar-refractivity contribution in [3.8, 4) is 0 Å². The highest BCUT2D eigenvalue weighted by molar-refractivity contribution is 9.09. The molecule has 0 aliphatic carbocycles. The van der Waals surface area contributed by atoms with Crippen LogP contribution in [0.3, 0.4) is 0 Å². The Labute approximate surface area is 90.5 Å². The fourth-order valence-electron chi connectivity index (χ4n) is 0.926.